The number of amides is 1. The molecule has 1 aliphatic carbocycles. The number of aromatic nitrogens is 2. The molecule has 1 aliphatic heterocycles. The first-order chi connectivity index (χ1) is 13.2. The van der Waals surface area contributed by atoms with Gasteiger partial charge in [-0.3, -0.25) is 9.59 Å². The predicted molar refractivity (Wildman–Crippen MR) is 108 cm³/mol. The molecule has 4 rings (SSSR count). The van der Waals surface area contributed by atoms with Crippen LogP contribution in [0.1, 0.15) is 44.9 Å². The first kappa shape index (κ1) is 18.4. The van der Waals surface area contributed by atoms with Gasteiger partial charge >= 0.3 is 0 Å². The number of likely N-dealkylation sites (tertiary alicyclic amines) is 1. The maximum absolute atomic E-state index is 12.7. The van der Waals surface area contributed by atoms with Crippen molar-refractivity contribution in [2.75, 3.05) is 13.1 Å². The van der Waals surface area contributed by atoms with Crippen molar-refractivity contribution in [3.8, 4) is 10.6 Å². The van der Waals surface area contributed by atoms with Crippen molar-refractivity contribution in [2.45, 2.75) is 51.5 Å². The third kappa shape index (κ3) is 4.32. The molecule has 27 heavy (non-hydrogen) atoms. The summed E-state index contributed by atoms with van der Waals surface area (Å²) >= 11 is 1.63. The minimum Gasteiger partial charge on any atom is -0.342 e. The Morgan fingerprint density at radius 2 is 1.85 bits per heavy atom. The van der Waals surface area contributed by atoms with Crippen molar-refractivity contribution in [2.24, 2.45) is 11.8 Å². The van der Waals surface area contributed by atoms with Crippen molar-refractivity contribution >= 4 is 17.2 Å². The molecule has 0 N–H and O–H groups in total. The Kier molecular flexibility index (Phi) is 5.72. The van der Waals surface area contributed by atoms with Crippen molar-refractivity contribution in [3.63, 3.8) is 0 Å². The van der Waals surface area contributed by atoms with Gasteiger partial charge in [-0.25, -0.2) is 4.68 Å². The van der Waals surface area contributed by atoms with Crippen LogP contribution in [-0.2, 0) is 11.3 Å². The highest BCUT2D eigenvalue weighted by Gasteiger charge is 2.29. The van der Waals surface area contributed by atoms with Crippen LogP contribution >= 0.6 is 11.3 Å². The van der Waals surface area contributed by atoms with Gasteiger partial charge in [-0.2, -0.15) is 5.10 Å². The molecule has 3 heterocycles. The van der Waals surface area contributed by atoms with Crippen molar-refractivity contribution < 1.29 is 4.79 Å². The Hall–Kier alpha value is -1.95. The van der Waals surface area contributed by atoms with Gasteiger partial charge in [-0.15, -0.1) is 11.3 Å². The minimum absolute atomic E-state index is 0.0454. The lowest BCUT2D eigenvalue weighted by Gasteiger charge is -2.35. The summed E-state index contributed by atoms with van der Waals surface area (Å²) in [7, 11) is 0. The van der Waals surface area contributed by atoms with Crippen LogP contribution in [0.25, 0.3) is 10.6 Å². The van der Waals surface area contributed by atoms with E-state index in [0.29, 0.717) is 18.4 Å². The van der Waals surface area contributed by atoms with E-state index >= 15 is 0 Å². The lowest BCUT2D eigenvalue weighted by Crippen LogP contribution is -2.43. The van der Waals surface area contributed by atoms with Gasteiger partial charge in [0.15, 0.2) is 0 Å². The molecule has 1 saturated carbocycles. The molecule has 0 radical (unpaired) electrons. The fourth-order valence-corrected chi connectivity index (χ4v) is 5.01. The third-order valence-corrected chi connectivity index (χ3v) is 6.84. The third-order valence-electron chi connectivity index (χ3n) is 5.95. The zero-order valence-electron chi connectivity index (χ0n) is 15.7. The fraction of sp³-hybridized carbons (Fsp3) is 0.571. The summed E-state index contributed by atoms with van der Waals surface area (Å²) in [5, 5.41) is 6.59. The maximum atomic E-state index is 12.7. The van der Waals surface area contributed by atoms with E-state index < -0.39 is 0 Å². The van der Waals surface area contributed by atoms with Crippen molar-refractivity contribution in [1.82, 2.24) is 14.7 Å². The van der Waals surface area contributed by atoms with Gasteiger partial charge in [-0.1, -0.05) is 25.3 Å². The molecule has 0 aromatic carbocycles. The number of carbonyl (C=O) groups is 1. The zero-order chi connectivity index (χ0) is 18.6. The second-order valence-corrected chi connectivity index (χ2v) is 8.77. The van der Waals surface area contributed by atoms with Gasteiger partial charge in [0.1, 0.15) is 5.69 Å². The van der Waals surface area contributed by atoms with E-state index in [9.17, 15) is 9.59 Å². The van der Waals surface area contributed by atoms with E-state index in [1.165, 1.54) is 19.3 Å². The number of rotatable bonds is 4. The molecule has 1 saturated heterocycles. The zero-order valence-corrected chi connectivity index (χ0v) is 16.5. The molecule has 5 nitrogen and oxygen atoms in total. The molecule has 1 amide bonds. The van der Waals surface area contributed by atoms with Crippen LogP contribution in [-0.4, -0.2) is 33.7 Å². The van der Waals surface area contributed by atoms with E-state index in [2.05, 4.69) is 10.00 Å². The summed E-state index contributed by atoms with van der Waals surface area (Å²) in [6, 6.07) is 7.44. The first-order valence-electron chi connectivity index (χ1n) is 10.1. The molecule has 2 aromatic heterocycles. The number of carbonyl (C=O) groups excluding carboxylic acids is 1. The molecule has 0 bridgehead atoms. The van der Waals surface area contributed by atoms with Crippen LogP contribution in [0.5, 0.6) is 0 Å². The Labute approximate surface area is 164 Å². The van der Waals surface area contributed by atoms with E-state index in [-0.39, 0.29) is 11.5 Å². The molecule has 0 atom stereocenters. The summed E-state index contributed by atoms with van der Waals surface area (Å²) in [5.41, 5.74) is 0.811. The highest BCUT2D eigenvalue weighted by Crippen LogP contribution is 2.28. The first-order valence-corrected chi connectivity index (χ1v) is 11.0. The Bertz CT molecular complexity index is 816. The van der Waals surface area contributed by atoms with E-state index in [1.54, 1.807) is 28.2 Å². The lowest BCUT2D eigenvalue weighted by molar-refractivity contribution is -0.138. The van der Waals surface area contributed by atoms with Crippen LogP contribution in [0.3, 0.4) is 0 Å². The van der Waals surface area contributed by atoms with Crippen LogP contribution in [0.4, 0.5) is 0 Å². The average Bonchev–Trinajstić information content (AvgIpc) is 3.25. The number of hydrogen-bond donors (Lipinski definition) is 0. The summed E-state index contributed by atoms with van der Waals surface area (Å²) in [6.45, 7) is 2.28. The molecular formula is C21H27N3O2S. The maximum Gasteiger partial charge on any atom is 0.266 e. The summed E-state index contributed by atoms with van der Waals surface area (Å²) in [4.78, 5) is 28.1. The van der Waals surface area contributed by atoms with E-state index in [0.717, 1.165) is 49.3 Å². The molecular weight excluding hydrogens is 358 g/mol. The van der Waals surface area contributed by atoms with Crippen LogP contribution in [0.2, 0.25) is 0 Å². The second-order valence-electron chi connectivity index (χ2n) is 7.82. The normalized spacial score (nSPS) is 19.3. The number of thiophene rings is 1. The molecule has 2 fully saturated rings. The van der Waals surface area contributed by atoms with Crippen LogP contribution in [0, 0.1) is 11.8 Å². The standard InChI is InChI=1S/C21H27N3O2S/c25-20-9-8-18(19-7-4-14-27-19)22-24(20)15-16-10-12-23(13-11-16)21(26)17-5-2-1-3-6-17/h4,7-9,14,16-17H,1-3,5-6,10-13,15H2. The minimum atomic E-state index is -0.0454. The fourth-order valence-electron chi connectivity index (χ4n) is 4.32. The lowest BCUT2D eigenvalue weighted by atomic mass is 9.87. The van der Waals surface area contributed by atoms with E-state index in [1.807, 2.05) is 17.5 Å². The Morgan fingerprint density at radius 3 is 2.56 bits per heavy atom. The molecule has 6 heteroatoms. The second kappa shape index (κ2) is 8.38. The quantitative estimate of drug-likeness (QED) is 0.805. The molecule has 2 aliphatic rings. The van der Waals surface area contributed by atoms with Crippen molar-refractivity contribution in [1.29, 1.82) is 0 Å². The van der Waals surface area contributed by atoms with Gasteiger partial charge in [0, 0.05) is 31.6 Å². The topological polar surface area (TPSA) is 55.2 Å². The highest BCUT2D eigenvalue weighted by atomic mass is 32.1. The summed E-state index contributed by atoms with van der Waals surface area (Å²) in [6.07, 6.45) is 7.70. The average molecular weight is 386 g/mol. The monoisotopic (exact) mass is 385 g/mol. The Balaban J connectivity index is 1.36. The van der Waals surface area contributed by atoms with Gasteiger partial charge in [0.05, 0.1) is 4.88 Å². The highest BCUT2D eigenvalue weighted by molar-refractivity contribution is 7.13. The van der Waals surface area contributed by atoms with Gasteiger partial charge in [0.2, 0.25) is 5.91 Å². The van der Waals surface area contributed by atoms with Gasteiger partial charge in [0.25, 0.3) is 5.56 Å². The Morgan fingerprint density at radius 1 is 1.07 bits per heavy atom. The summed E-state index contributed by atoms with van der Waals surface area (Å²) < 4.78 is 1.61. The largest absolute Gasteiger partial charge is 0.342 e. The smallest absolute Gasteiger partial charge is 0.266 e. The molecule has 0 spiro atoms. The summed E-state index contributed by atoms with van der Waals surface area (Å²) in [5.74, 6) is 1.02. The van der Waals surface area contributed by atoms with E-state index in [4.69, 9.17) is 0 Å². The number of nitrogens with zero attached hydrogens (tertiary/aromatic N) is 3. The number of piperidine rings is 1. The SMILES string of the molecule is O=C(C1CCCCC1)N1CCC(Cn2nc(-c3cccs3)ccc2=O)CC1. The molecule has 2 aromatic rings. The predicted octanol–water partition coefficient (Wildman–Crippen LogP) is 3.79. The van der Waals surface area contributed by atoms with Gasteiger partial charge in [-0.05, 0) is 49.1 Å². The van der Waals surface area contributed by atoms with Crippen LogP contribution < -0.4 is 5.56 Å². The van der Waals surface area contributed by atoms with Crippen molar-refractivity contribution in [3.05, 3.63) is 40.0 Å². The van der Waals surface area contributed by atoms with Gasteiger partial charge < -0.3 is 4.90 Å². The number of hydrogen-bond acceptors (Lipinski definition) is 4. The van der Waals surface area contributed by atoms with Crippen LogP contribution in [0.15, 0.2) is 34.4 Å². The molecule has 144 valence electrons. The molecule has 0 unspecified atom stereocenters.